The van der Waals surface area contributed by atoms with Crippen LogP contribution in [0.3, 0.4) is 0 Å². The molecule has 2 saturated heterocycles. The molecule has 0 aliphatic carbocycles. The maximum atomic E-state index is 11.9. The molecule has 92 valence electrons. The SMILES string of the molecule is Cc1cncc(C2(O)CC3CCC(C2)S3=O)n1. The average molecular weight is 252 g/mol. The van der Waals surface area contributed by atoms with E-state index in [-0.39, 0.29) is 10.5 Å². The van der Waals surface area contributed by atoms with E-state index in [0.717, 1.165) is 18.5 Å². The van der Waals surface area contributed by atoms with E-state index in [2.05, 4.69) is 9.97 Å². The molecule has 2 fully saturated rings. The number of hydrogen-bond donors (Lipinski definition) is 1. The van der Waals surface area contributed by atoms with E-state index < -0.39 is 16.4 Å². The number of hydrogen-bond acceptors (Lipinski definition) is 4. The van der Waals surface area contributed by atoms with Crippen molar-refractivity contribution in [3.05, 3.63) is 23.8 Å². The van der Waals surface area contributed by atoms with E-state index in [1.165, 1.54) is 0 Å². The van der Waals surface area contributed by atoms with Gasteiger partial charge in [0.15, 0.2) is 0 Å². The number of fused-ring (bicyclic) bond motifs is 2. The number of nitrogens with zero attached hydrogens (tertiary/aromatic N) is 2. The molecule has 0 saturated carbocycles. The molecular formula is C12H16N2O2S. The van der Waals surface area contributed by atoms with Crippen LogP contribution in [0.1, 0.15) is 37.1 Å². The first-order chi connectivity index (χ1) is 8.08. The molecule has 2 unspecified atom stereocenters. The fourth-order valence-electron chi connectivity index (χ4n) is 2.98. The van der Waals surface area contributed by atoms with Crippen LogP contribution in [0.25, 0.3) is 0 Å². The summed E-state index contributed by atoms with van der Waals surface area (Å²) in [4.78, 5) is 8.47. The fourth-order valence-corrected chi connectivity index (χ4v) is 5.14. The maximum absolute atomic E-state index is 11.9. The van der Waals surface area contributed by atoms with Gasteiger partial charge in [-0.05, 0) is 32.6 Å². The molecule has 1 N–H and O–H groups in total. The topological polar surface area (TPSA) is 63.1 Å². The Kier molecular flexibility index (Phi) is 2.56. The fraction of sp³-hybridized carbons (Fsp3) is 0.667. The molecule has 0 aromatic carbocycles. The molecule has 0 spiro atoms. The van der Waals surface area contributed by atoms with E-state index in [1.807, 2.05) is 6.92 Å². The Morgan fingerprint density at radius 3 is 2.59 bits per heavy atom. The van der Waals surface area contributed by atoms with Gasteiger partial charge in [0.25, 0.3) is 0 Å². The summed E-state index contributed by atoms with van der Waals surface area (Å²) in [5.41, 5.74) is 0.541. The van der Waals surface area contributed by atoms with Crippen molar-refractivity contribution in [3.8, 4) is 0 Å². The van der Waals surface area contributed by atoms with Crippen molar-refractivity contribution in [2.24, 2.45) is 0 Å². The van der Waals surface area contributed by atoms with Crippen molar-refractivity contribution in [3.63, 3.8) is 0 Å². The highest BCUT2D eigenvalue weighted by Crippen LogP contribution is 2.45. The van der Waals surface area contributed by atoms with E-state index in [0.29, 0.717) is 18.5 Å². The van der Waals surface area contributed by atoms with Gasteiger partial charge in [-0.2, -0.15) is 0 Å². The van der Waals surface area contributed by atoms with Gasteiger partial charge in [0.1, 0.15) is 5.60 Å². The molecule has 3 heterocycles. The maximum Gasteiger partial charge on any atom is 0.110 e. The molecule has 4 nitrogen and oxygen atoms in total. The van der Waals surface area contributed by atoms with Crippen LogP contribution in [0.2, 0.25) is 0 Å². The zero-order chi connectivity index (χ0) is 12.0. The third-order valence-electron chi connectivity index (χ3n) is 3.83. The van der Waals surface area contributed by atoms with Crippen LogP contribution in [0.5, 0.6) is 0 Å². The predicted octanol–water partition coefficient (Wildman–Crippen LogP) is 1.05. The first-order valence-electron chi connectivity index (χ1n) is 5.99. The Morgan fingerprint density at radius 1 is 1.35 bits per heavy atom. The first-order valence-corrected chi connectivity index (χ1v) is 7.27. The van der Waals surface area contributed by atoms with E-state index in [4.69, 9.17) is 0 Å². The van der Waals surface area contributed by atoms with Crippen molar-refractivity contribution < 1.29 is 9.32 Å². The Bertz CT molecular complexity index is 461. The first kappa shape index (κ1) is 11.3. The van der Waals surface area contributed by atoms with E-state index >= 15 is 0 Å². The van der Waals surface area contributed by atoms with Crippen molar-refractivity contribution >= 4 is 10.8 Å². The molecular weight excluding hydrogens is 236 g/mol. The molecule has 2 aliphatic heterocycles. The van der Waals surface area contributed by atoms with Crippen LogP contribution < -0.4 is 0 Å². The van der Waals surface area contributed by atoms with Crippen LogP contribution in [0.15, 0.2) is 12.4 Å². The van der Waals surface area contributed by atoms with Gasteiger partial charge in [0.05, 0.1) is 17.6 Å². The van der Waals surface area contributed by atoms with Crippen molar-refractivity contribution in [1.29, 1.82) is 0 Å². The lowest BCUT2D eigenvalue weighted by Gasteiger charge is -2.35. The van der Waals surface area contributed by atoms with Gasteiger partial charge in [-0.25, -0.2) is 0 Å². The number of rotatable bonds is 1. The highest BCUT2D eigenvalue weighted by atomic mass is 32.2. The molecule has 1 aromatic rings. The Balaban J connectivity index is 1.95. The predicted molar refractivity (Wildman–Crippen MR) is 64.9 cm³/mol. The summed E-state index contributed by atoms with van der Waals surface area (Å²) in [5.74, 6) is 0. The smallest absolute Gasteiger partial charge is 0.110 e. The summed E-state index contributed by atoms with van der Waals surface area (Å²) in [6.45, 7) is 1.87. The second-order valence-electron chi connectivity index (χ2n) is 5.14. The lowest BCUT2D eigenvalue weighted by molar-refractivity contribution is 0.0137. The third kappa shape index (κ3) is 1.81. The average Bonchev–Trinajstić information content (AvgIpc) is 2.53. The largest absolute Gasteiger partial charge is 0.383 e. The van der Waals surface area contributed by atoms with Crippen LogP contribution in [0.4, 0.5) is 0 Å². The molecule has 3 rings (SSSR count). The highest BCUT2D eigenvalue weighted by Gasteiger charge is 2.49. The quantitative estimate of drug-likeness (QED) is 0.811. The standard InChI is InChI=1S/C12H16N2O2S/c1-8-6-13-7-11(14-8)12(15)4-9-2-3-10(5-12)17(9)16/h6-7,9-10,15H,2-5H2,1H3. The van der Waals surface area contributed by atoms with Crippen molar-refractivity contribution in [1.82, 2.24) is 9.97 Å². The third-order valence-corrected chi connectivity index (χ3v) is 5.95. The van der Waals surface area contributed by atoms with Gasteiger partial charge in [-0.3, -0.25) is 14.2 Å². The molecule has 2 bridgehead atoms. The zero-order valence-electron chi connectivity index (χ0n) is 9.80. The van der Waals surface area contributed by atoms with Gasteiger partial charge >= 0.3 is 0 Å². The lowest BCUT2D eigenvalue weighted by Crippen LogP contribution is -2.41. The Hall–Kier alpha value is -0.810. The van der Waals surface area contributed by atoms with E-state index in [1.54, 1.807) is 12.4 Å². The van der Waals surface area contributed by atoms with Crippen molar-refractivity contribution in [2.75, 3.05) is 0 Å². The van der Waals surface area contributed by atoms with Gasteiger partial charge in [-0.15, -0.1) is 0 Å². The van der Waals surface area contributed by atoms with Gasteiger partial charge in [0.2, 0.25) is 0 Å². The van der Waals surface area contributed by atoms with E-state index in [9.17, 15) is 9.32 Å². The summed E-state index contributed by atoms with van der Waals surface area (Å²) < 4.78 is 11.9. The molecule has 2 aliphatic rings. The van der Waals surface area contributed by atoms with Crippen LogP contribution in [-0.2, 0) is 16.4 Å². The molecule has 2 atom stereocenters. The van der Waals surface area contributed by atoms with Crippen LogP contribution in [-0.4, -0.2) is 29.8 Å². The molecule has 0 radical (unpaired) electrons. The minimum atomic E-state index is -0.918. The zero-order valence-corrected chi connectivity index (χ0v) is 10.6. The molecule has 5 heteroatoms. The number of aromatic nitrogens is 2. The summed E-state index contributed by atoms with van der Waals surface area (Å²) >= 11 is 0. The summed E-state index contributed by atoms with van der Waals surface area (Å²) in [5, 5.41) is 11.0. The van der Waals surface area contributed by atoms with Gasteiger partial charge in [0, 0.05) is 27.5 Å². The number of aryl methyl sites for hydroxylation is 1. The molecule has 1 aromatic heterocycles. The minimum absolute atomic E-state index is 0.140. The monoisotopic (exact) mass is 252 g/mol. The van der Waals surface area contributed by atoms with Crippen LogP contribution >= 0.6 is 0 Å². The lowest BCUT2D eigenvalue weighted by atomic mass is 9.90. The van der Waals surface area contributed by atoms with Gasteiger partial charge in [-0.1, -0.05) is 0 Å². The van der Waals surface area contributed by atoms with Crippen molar-refractivity contribution in [2.45, 2.75) is 48.7 Å². The molecule has 17 heavy (non-hydrogen) atoms. The summed E-state index contributed by atoms with van der Waals surface area (Å²) in [6, 6.07) is 0. The second-order valence-corrected chi connectivity index (χ2v) is 7.13. The second kappa shape index (κ2) is 3.85. The van der Waals surface area contributed by atoms with Gasteiger partial charge < -0.3 is 5.11 Å². The normalized spacial score (nSPS) is 40.5. The Labute approximate surface area is 103 Å². The summed E-state index contributed by atoms with van der Waals surface area (Å²) in [7, 11) is -0.753. The Morgan fingerprint density at radius 2 is 2.00 bits per heavy atom. The number of aliphatic hydroxyl groups is 1. The minimum Gasteiger partial charge on any atom is -0.383 e. The van der Waals surface area contributed by atoms with Crippen LogP contribution in [0, 0.1) is 6.92 Å². The molecule has 0 amide bonds. The highest BCUT2D eigenvalue weighted by molar-refractivity contribution is 7.86. The summed E-state index contributed by atoms with van der Waals surface area (Å²) in [6.07, 6.45) is 6.39.